The van der Waals surface area contributed by atoms with E-state index in [2.05, 4.69) is 66.3 Å². The van der Waals surface area contributed by atoms with E-state index in [1.807, 2.05) is 69.3 Å². The van der Waals surface area contributed by atoms with Crippen LogP contribution < -0.4 is 44.8 Å². The van der Waals surface area contributed by atoms with Crippen LogP contribution in [0, 0.1) is 16.2 Å². The molecule has 0 bridgehead atoms. The van der Waals surface area contributed by atoms with Gasteiger partial charge in [0, 0.05) is 24.4 Å². The summed E-state index contributed by atoms with van der Waals surface area (Å²) in [7, 11) is 3.20. The van der Waals surface area contributed by atoms with Crippen molar-refractivity contribution >= 4 is 121 Å². The Kier molecular flexibility index (Phi) is 36.0. The molecule has 10 aromatic rings. The number of aromatic carboxylic acids is 1. The molecule has 3 aromatic heterocycles. The van der Waals surface area contributed by atoms with E-state index in [-0.39, 0.29) is 125 Å². The van der Waals surface area contributed by atoms with Gasteiger partial charge in [0.05, 0.1) is 80.5 Å². The molecule has 0 fully saturated rings. The van der Waals surface area contributed by atoms with Crippen molar-refractivity contribution in [3.63, 3.8) is 0 Å². The molecular formula is C78H85BrCl6F6N12O14. The molecule has 0 aliphatic heterocycles. The molecule has 0 aliphatic rings. The maximum Gasteiger partial charge on any atom is 0.573 e. The molecule has 0 spiro atoms. The normalized spacial score (nSPS) is 11.5. The molecule has 0 aliphatic carbocycles. The number of halogens is 13. The van der Waals surface area contributed by atoms with Crippen LogP contribution in [0.3, 0.4) is 0 Å². The third-order valence-corrected chi connectivity index (χ3v) is 17.8. The number of phenolic OH excluding ortho intramolecular Hbond substituents is 1. The number of hydrogen-bond donors (Lipinski definition) is 5. The maximum absolute atomic E-state index is 13.1. The summed E-state index contributed by atoms with van der Waals surface area (Å²) in [4.78, 5) is 83.5. The van der Waals surface area contributed by atoms with Gasteiger partial charge in [0.1, 0.15) is 55.2 Å². The number of Topliss-reactive ketones (excluding diaryl/α,β-unsaturated/α-hetero) is 3. The second-order valence-electron chi connectivity index (χ2n) is 27.5. The molecule has 0 saturated heterocycles. The lowest BCUT2D eigenvalue weighted by molar-refractivity contribution is -0.275. The van der Waals surface area contributed by atoms with E-state index in [0.29, 0.717) is 39.5 Å². The fraction of sp³-hybridized carbons (Fsp3) is 0.308. The zero-order valence-corrected chi connectivity index (χ0v) is 69.7. The zero-order chi connectivity index (χ0) is 86.4. The third-order valence-electron chi connectivity index (χ3n) is 15.4. The minimum Gasteiger partial charge on any atom is -0.505 e. The van der Waals surface area contributed by atoms with Crippen molar-refractivity contribution in [3.05, 3.63) is 222 Å². The number of carbonyl (C=O) groups is 6. The Morgan fingerprint density at radius 1 is 0.513 bits per heavy atom. The first-order chi connectivity index (χ1) is 54.2. The van der Waals surface area contributed by atoms with Crippen molar-refractivity contribution in [1.82, 2.24) is 54.9 Å². The number of methoxy groups -OCH3 is 2. The molecule has 1 atom stereocenters. The summed E-state index contributed by atoms with van der Waals surface area (Å²) in [5.41, 5.74) is 7.64. The molecule has 6 N–H and O–H groups in total. The minimum atomic E-state index is -4.87. The van der Waals surface area contributed by atoms with Crippen molar-refractivity contribution in [3.8, 4) is 57.3 Å². The van der Waals surface area contributed by atoms with Crippen LogP contribution in [0.5, 0.6) is 40.2 Å². The van der Waals surface area contributed by atoms with Crippen molar-refractivity contribution in [2.75, 3.05) is 27.3 Å². The van der Waals surface area contributed by atoms with E-state index in [4.69, 9.17) is 99.4 Å². The molecule has 0 saturated carbocycles. The van der Waals surface area contributed by atoms with Gasteiger partial charge in [-0.2, -0.15) is 0 Å². The first-order valence-corrected chi connectivity index (χ1v) is 37.4. The highest BCUT2D eigenvalue weighted by molar-refractivity contribution is 9.08. The lowest BCUT2D eigenvalue weighted by atomic mass is 9.84. The molecular weight excluding hydrogens is 1740 g/mol. The van der Waals surface area contributed by atoms with Crippen LogP contribution >= 0.6 is 85.5 Å². The zero-order valence-electron chi connectivity index (χ0n) is 63.6. The summed E-state index contributed by atoms with van der Waals surface area (Å²) in [5.74, 6) is -2.37. The molecule has 7 aromatic carbocycles. The predicted octanol–water partition coefficient (Wildman–Crippen LogP) is 18.7. The summed E-state index contributed by atoms with van der Waals surface area (Å²) < 4.78 is 106. The van der Waals surface area contributed by atoms with Gasteiger partial charge in [-0.1, -0.05) is 204 Å². The van der Waals surface area contributed by atoms with E-state index in [1.165, 1.54) is 75.5 Å². The number of amides is 2. The fourth-order valence-electron chi connectivity index (χ4n) is 9.24. The monoisotopic (exact) mass is 1820 g/mol. The van der Waals surface area contributed by atoms with E-state index in [0.717, 1.165) is 40.3 Å². The van der Waals surface area contributed by atoms with Crippen LogP contribution in [0.4, 0.5) is 26.3 Å². The number of carbonyl (C=O) groups excluding carboxylic acids is 5. The van der Waals surface area contributed by atoms with Crippen molar-refractivity contribution in [2.24, 2.45) is 22.0 Å². The molecule has 26 nitrogen and oxygen atoms in total. The quantitative estimate of drug-likeness (QED) is 0.0277. The standard InChI is InChI=1S/C23H21Cl2F3N4O4.C23H24Cl2N4O4.C17H13Cl2N3O4.C8H6BrF3O.C6H13NO.CH4.2H2/c1-22(2,3)19(34)17(8-12-5-4-6-14(7-12)36-23(26,27)28)30-21(35)20-29-11-32(31-20)13-9-15(24)18(33)16(25)10-13;1-23(2,3)19(30)11-26-22(31)21-27-13-29(28-21)15-9-17(24)20(18(25)10-15)33-12-14-5-7-16(32-4)8-6-14;1-25-12-4-2-10(3-5-12)8-26-15-13(18)6-11(7-14(15)19)22-9-20-16(21-22)17(23)24;9-5-6-2-1-3-7(4-6)13-8(10,11)12;1-6(2,3)5(8)4-7;;;/h4-7,9-11,17,33H,8H2,1-3H3,(H,30,35);5-10,13H,11-12H2,1-4H3,(H,26,31);2-7,9H,8H2,1H3,(H,23,24);1-4H,5H2;4,7H2,1-3H3;1H4;2*1H/i;;;;;;1+1;. The Balaban J connectivity index is 0.000000409. The molecule has 3 heterocycles. The summed E-state index contributed by atoms with van der Waals surface area (Å²) in [6.45, 7) is 16.5. The Hall–Kier alpha value is -10.3. The Morgan fingerprint density at radius 3 is 1.22 bits per heavy atom. The minimum absolute atomic E-state index is 0. The van der Waals surface area contributed by atoms with Crippen molar-refractivity contribution < 1.29 is 96.6 Å². The number of aromatic hydroxyl groups is 1. The average Bonchev–Trinajstić information content (AvgIpc) is 1.75. The lowest BCUT2D eigenvalue weighted by Crippen LogP contribution is -2.47. The number of carboxylic acids is 1. The number of nitrogens with two attached hydrogens (primary N) is 1. The van der Waals surface area contributed by atoms with Crippen LogP contribution in [0.1, 0.15) is 127 Å². The van der Waals surface area contributed by atoms with Gasteiger partial charge in [-0.3, -0.25) is 24.0 Å². The molecule has 117 heavy (non-hydrogen) atoms. The Labute approximate surface area is 710 Å². The van der Waals surface area contributed by atoms with Gasteiger partial charge in [0.25, 0.3) is 17.6 Å². The van der Waals surface area contributed by atoms with Gasteiger partial charge < -0.3 is 55.0 Å². The van der Waals surface area contributed by atoms with E-state index in [1.54, 1.807) is 86.1 Å². The van der Waals surface area contributed by atoms with Crippen LogP contribution in [0.25, 0.3) is 17.1 Å². The topological polar surface area (TPSA) is 340 Å². The number of aromatic nitrogens is 9. The fourth-order valence-corrected chi connectivity index (χ4v) is 11.2. The van der Waals surface area contributed by atoms with Crippen LogP contribution in [0.2, 0.25) is 30.1 Å². The first-order valence-electron chi connectivity index (χ1n) is 34.0. The summed E-state index contributed by atoms with van der Waals surface area (Å²) in [5, 5.41) is 37.3. The Morgan fingerprint density at radius 2 is 0.880 bits per heavy atom. The van der Waals surface area contributed by atoms with Crippen LogP contribution in [-0.4, -0.2) is 136 Å². The van der Waals surface area contributed by atoms with Gasteiger partial charge in [-0.25, -0.2) is 33.8 Å². The molecule has 1 unspecified atom stereocenters. The number of rotatable bonds is 24. The second kappa shape index (κ2) is 43.3. The van der Waals surface area contributed by atoms with Gasteiger partial charge in [-0.15, -0.1) is 41.6 Å². The molecule has 10 rings (SSSR count). The summed E-state index contributed by atoms with van der Waals surface area (Å²) in [6.07, 6.45) is -5.74. The number of phenols is 1. The number of nitrogens with zero attached hydrogens (tertiary/aromatic N) is 9. The molecule has 0 radical (unpaired) electrons. The highest BCUT2D eigenvalue weighted by atomic mass is 79.9. The smallest absolute Gasteiger partial charge is 0.505 e. The Bertz CT molecular complexity index is 5000. The molecule has 39 heteroatoms. The van der Waals surface area contributed by atoms with Gasteiger partial charge in [-0.05, 0) is 114 Å². The van der Waals surface area contributed by atoms with Gasteiger partial charge >= 0.3 is 18.7 Å². The number of benzene rings is 7. The number of carboxylic acid groups (broad SMARTS) is 1. The first kappa shape index (κ1) is 97.3. The predicted molar refractivity (Wildman–Crippen MR) is 437 cm³/mol. The van der Waals surface area contributed by atoms with Gasteiger partial charge in [0.2, 0.25) is 11.6 Å². The molecule has 632 valence electrons. The largest absolute Gasteiger partial charge is 0.573 e. The highest BCUT2D eigenvalue weighted by Crippen LogP contribution is 2.39. The van der Waals surface area contributed by atoms with E-state index in [9.17, 15) is 60.2 Å². The van der Waals surface area contributed by atoms with Crippen molar-refractivity contribution in [1.29, 1.82) is 0 Å². The number of ether oxygens (including phenoxy) is 6. The van der Waals surface area contributed by atoms with Crippen LogP contribution in [-0.2, 0) is 39.3 Å². The number of nitrogens with one attached hydrogen (secondary N) is 2. The van der Waals surface area contributed by atoms with E-state index >= 15 is 0 Å². The SMILES string of the molecule is C.CC(C)(C)C(=O)C(Cc1cccc(OC(F)(F)F)c1)NC(=O)c1ncn(-c2cc(Cl)c(O)c(Cl)c2)n1.CC(C)(C)C(=O)CN.COc1ccc(COc2c(Cl)cc(-n3cnc(C(=O)NCC(=O)C(C)(C)C)n3)cc2Cl)cc1.COc1ccc(COc2c(Cl)cc(-n3cnc(C(=O)O)n3)cc2Cl)cc1.FC(F)(F)Oc1cccc(CBr)c1.[2HH].[HH]. The number of alkyl halides is 7. The number of hydrogen-bond acceptors (Lipinski definition) is 20. The summed E-state index contributed by atoms with van der Waals surface area (Å²) in [6, 6.07) is 33.8. The molecule has 2 amide bonds. The van der Waals surface area contributed by atoms with Crippen LogP contribution in [0.15, 0.2) is 152 Å². The highest BCUT2D eigenvalue weighted by Gasteiger charge is 2.35. The van der Waals surface area contributed by atoms with Crippen molar-refractivity contribution in [2.45, 2.75) is 113 Å². The third kappa shape index (κ3) is 31.0. The average molecular weight is 1820 g/mol. The number of ketones is 3. The second-order valence-corrected chi connectivity index (χ2v) is 30.5. The van der Waals surface area contributed by atoms with E-state index < -0.39 is 53.1 Å². The van der Waals surface area contributed by atoms with Gasteiger partial charge in [0.15, 0.2) is 34.6 Å². The summed E-state index contributed by atoms with van der Waals surface area (Å²) >= 11 is 40.3. The maximum atomic E-state index is 13.1. The lowest BCUT2D eigenvalue weighted by Gasteiger charge is -2.25.